The van der Waals surface area contributed by atoms with Gasteiger partial charge in [0.05, 0.1) is 30.6 Å². The number of nitrogens with zero attached hydrogens (tertiary/aromatic N) is 3. The van der Waals surface area contributed by atoms with Crippen LogP contribution < -0.4 is 4.74 Å². The Morgan fingerprint density at radius 1 is 1.09 bits per heavy atom. The summed E-state index contributed by atoms with van der Waals surface area (Å²) in [6.07, 6.45) is 4.71. The Kier molecular flexibility index (Phi) is 6.42. The van der Waals surface area contributed by atoms with E-state index in [9.17, 15) is 0 Å². The second-order valence-corrected chi connectivity index (χ2v) is 8.39. The van der Waals surface area contributed by atoms with Crippen LogP contribution >= 0.6 is 0 Å². The fourth-order valence-corrected chi connectivity index (χ4v) is 4.37. The number of aromatic nitrogens is 3. The largest absolute Gasteiger partial charge is 0.487 e. The lowest BCUT2D eigenvalue weighted by atomic mass is 9.97. The van der Waals surface area contributed by atoms with E-state index in [1.54, 1.807) is 6.20 Å². The molecule has 3 heterocycles. The average molecular weight is 429 g/mol. The summed E-state index contributed by atoms with van der Waals surface area (Å²) in [7, 11) is 0. The molecule has 2 aromatic heterocycles. The molecule has 0 amide bonds. The summed E-state index contributed by atoms with van der Waals surface area (Å²) in [6, 6.07) is 20.6. The lowest BCUT2D eigenvalue weighted by Gasteiger charge is -2.24. The van der Waals surface area contributed by atoms with Crippen molar-refractivity contribution in [2.24, 2.45) is 5.92 Å². The molecule has 1 aliphatic heterocycles. The Hall–Kier alpha value is -3.22. The van der Waals surface area contributed by atoms with Crippen LogP contribution in [0.5, 0.6) is 5.75 Å². The molecule has 0 spiro atoms. The van der Waals surface area contributed by atoms with Crippen molar-refractivity contribution in [2.75, 3.05) is 26.3 Å². The topological polar surface area (TPSA) is 63.3 Å². The van der Waals surface area contributed by atoms with E-state index in [2.05, 4.69) is 56.5 Å². The first-order valence-electron chi connectivity index (χ1n) is 11.2. The first kappa shape index (κ1) is 20.7. The van der Waals surface area contributed by atoms with Crippen molar-refractivity contribution < 1.29 is 9.47 Å². The van der Waals surface area contributed by atoms with Crippen molar-refractivity contribution in [3.8, 4) is 5.75 Å². The van der Waals surface area contributed by atoms with Gasteiger partial charge in [-0.05, 0) is 53.8 Å². The Morgan fingerprint density at radius 2 is 2.06 bits per heavy atom. The van der Waals surface area contributed by atoms with E-state index < -0.39 is 0 Å². The van der Waals surface area contributed by atoms with E-state index in [0.717, 1.165) is 56.2 Å². The molecule has 6 heteroatoms. The minimum absolute atomic E-state index is 0.446. The number of pyridine rings is 1. The van der Waals surface area contributed by atoms with Gasteiger partial charge >= 0.3 is 0 Å². The van der Waals surface area contributed by atoms with Crippen LogP contribution in [0, 0.1) is 5.92 Å². The van der Waals surface area contributed by atoms with Gasteiger partial charge in [0.2, 0.25) is 0 Å². The van der Waals surface area contributed by atoms with Gasteiger partial charge in [-0.2, -0.15) is 5.10 Å². The van der Waals surface area contributed by atoms with E-state index in [1.807, 2.05) is 30.5 Å². The number of ether oxygens (including phenoxy) is 2. The summed E-state index contributed by atoms with van der Waals surface area (Å²) in [6.45, 7) is 4.86. The molecule has 1 atom stereocenters. The van der Waals surface area contributed by atoms with Gasteiger partial charge in [0.1, 0.15) is 12.4 Å². The van der Waals surface area contributed by atoms with Gasteiger partial charge in [-0.25, -0.2) is 0 Å². The molecule has 5 rings (SSSR count). The normalized spacial score (nSPS) is 17.3. The molecule has 0 aliphatic carbocycles. The molecule has 32 heavy (non-hydrogen) atoms. The van der Waals surface area contributed by atoms with Crippen molar-refractivity contribution in [3.05, 3.63) is 89.9 Å². The molecular weight excluding hydrogens is 400 g/mol. The molecule has 6 nitrogen and oxygen atoms in total. The fraction of sp³-hybridized carbons (Fsp3) is 0.308. The zero-order valence-corrected chi connectivity index (χ0v) is 18.1. The van der Waals surface area contributed by atoms with Gasteiger partial charge in [0.25, 0.3) is 0 Å². The number of H-pyrrole nitrogens is 1. The Morgan fingerprint density at radius 3 is 3.00 bits per heavy atom. The first-order valence-corrected chi connectivity index (χ1v) is 11.2. The first-order chi connectivity index (χ1) is 15.8. The predicted molar refractivity (Wildman–Crippen MR) is 124 cm³/mol. The highest BCUT2D eigenvalue weighted by molar-refractivity contribution is 5.81. The molecule has 1 aliphatic rings. The zero-order chi connectivity index (χ0) is 21.6. The molecule has 0 unspecified atom stereocenters. The van der Waals surface area contributed by atoms with E-state index in [-0.39, 0.29) is 0 Å². The highest BCUT2D eigenvalue weighted by atomic mass is 16.5. The molecule has 1 fully saturated rings. The summed E-state index contributed by atoms with van der Waals surface area (Å²) < 4.78 is 11.9. The van der Waals surface area contributed by atoms with Crippen molar-refractivity contribution in [2.45, 2.75) is 19.6 Å². The SMILES string of the molecule is c1ccc(COc2cccc(CN3CCOC[C@H](Cc4cccc5[nH]ncc45)C3)c2)nc1. The monoisotopic (exact) mass is 428 g/mol. The Bertz CT molecular complexity index is 1140. The van der Waals surface area contributed by atoms with E-state index in [4.69, 9.17) is 9.47 Å². The summed E-state index contributed by atoms with van der Waals surface area (Å²) in [5.74, 6) is 1.32. The molecule has 2 aromatic carbocycles. The number of fused-ring (bicyclic) bond motifs is 1. The van der Waals surface area contributed by atoms with Crippen LogP contribution in [0.15, 0.2) is 73.1 Å². The van der Waals surface area contributed by atoms with Crippen LogP contribution in [-0.4, -0.2) is 46.4 Å². The minimum Gasteiger partial charge on any atom is -0.487 e. The van der Waals surface area contributed by atoms with Gasteiger partial charge in [0, 0.05) is 31.2 Å². The van der Waals surface area contributed by atoms with Crippen LogP contribution in [0.3, 0.4) is 0 Å². The summed E-state index contributed by atoms with van der Waals surface area (Å²) >= 11 is 0. The minimum atomic E-state index is 0.446. The maximum absolute atomic E-state index is 5.97. The molecule has 0 saturated carbocycles. The lowest BCUT2D eigenvalue weighted by Crippen LogP contribution is -2.30. The molecule has 164 valence electrons. The molecule has 1 N–H and O–H groups in total. The van der Waals surface area contributed by atoms with Crippen molar-refractivity contribution in [3.63, 3.8) is 0 Å². The number of aromatic amines is 1. The second-order valence-electron chi connectivity index (χ2n) is 8.39. The highest BCUT2D eigenvalue weighted by Gasteiger charge is 2.20. The third-order valence-electron chi connectivity index (χ3n) is 5.92. The van der Waals surface area contributed by atoms with Crippen LogP contribution in [0.2, 0.25) is 0 Å². The van der Waals surface area contributed by atoms with Crippen LogP contribution in [-0.2, 0) is 24.3 Å². The Balaban J connectivity index is 1.22. The fourth-order valence-electron chi connectivity index (χ4n) is 4.37. The number of rotatable bonds is 7. The standard InChI is InChI=1S/C26H28N4O2/c1-2-10-27-23(7-1)19-32-24-8-3-5-20(14-24)16-30-11-12-31-18-21(17-30)13-22-6-4-9-26-25(22)15-28-29-26/h1-10,14-15,21H,11-13,16-19H2,(H,28,29)/t21-/m1/s1. The number of nitrogens with one attached hydrogen (secondary N) is 1. The van der Waals surface area contributed by atoms with Gasteiger partial charge in [0.15, 0.2) is 0 Å². The van der Waals surface area contributed by atoms with Crippen molar-refractivity contribution in [1.29, 1.82) is 0 Å². The number of hydrogen-bond acceptors (Lipinski definition) is 5. The average Bonchev–Trinajstić information content (AvgIpc) is 3.21. The highest BCUT2D eigenvalue weighted by Crippen LogP contribution is 2.23. The Labute approximate surface area is 188 Å². The summed E-state index contributed by atoms with van der Waals surface area (Å²) in [5, 5.41) is 8.48. The van der Waals surface area contributed by atoms with Crippen LogP contribution in [0.1, 0.15) is 16.8 Å². The zero-order valence-electron chi connectivity index (χ0n) is 18.1. The van der Waals surface area contributed by atoms with Crippen LogP contribution in [0.4, 0.5) is 0 Å². The van der Waals surface area contributed by atoms with Gasteiger partial charge < -0.3 is 9.47 Å². The maximum atomic E-state index is 5.97. The smallest absolute Gasteiger partial charge is 0.130 e. The predicted octanol–water partition coefficient (Wildman–Crippen LogP) is 4.23. The second kappa shape index (κ2) is 9.94. The molecule has 4 aromatic rings. The van der Waals surface area contributed by atoms with Crippen molar-refractivity contribution in [1.82, 2.24) is 20.1 Å². The summed E-state index contributed by atoms with van der Waals surface area (Å²) in [4.78, 5) is 6.82. The molecule has 0 bridgehead atoms. The third-order valence-corrected chi connectivity index (χ3v) is 5.92. The van der Waals surface area contributed by atoms with Gasteiger partial charge in [-0.3, -0.25) is 15.0 Å². The summed E-state index contributed by atoms with van der Waals surface area (Å²) in [5.41, 5.74) is 4.60. The quantitative estimate of drug-likeness (QED) is 0.477. The van der Waals surface area contributed by atoms with E-state index in [0.29, 0.717) is 12.5 Å². The molecular formula is C26H28N4O2. The number of benzene rings is 2. The molecule has 1 saturated heterocycles. The van der Waals surface area contributed by atoms with Crippen LogP contribution in [0.25, 0.3) is 10.9 Å². The van der Waals surface area contributed by atoms with Crippen molar-refractivity contribution >= 4 is 10.9 Å². The number of hydrogen-bond donors (Lipinski definition) is 1. The van der Waals surface area contributed by atoms with Gasteiger partial charge in [-0.15, -0.1) is 0 Å². The van der Waals surface area contributed by atoms with Gasteiger partial charge in [-0.1, -0.05) is 30.3 Å². The lowest BCUT2D eigenvalue weighted by molar-refractivity contribution is 0.122. The maximum Gasteiger partial charge on any atom is 0.130 e. The van der Waals surface area contributed by atoms with E-state index >= 15 is 0 Å². The third kappa shape index (κ3) is 5.15. The molecule has 0 radical (unpaired) electrons. The van der Waals surface area contributed by atoms with E-state index in [1.165, 1.54) is 16.5 Å².